The van der Waals surface area contributed by atoms with Crippen LogP contribution in [0.15, 0.2) is 48.5 Å². The van der Waals surface area contributed by atoms with E-state index in [1.165, 1.54) is 11.5 Å². The molecule has 1 aliphatic rings. The molecular formula is C24H26ClN5O3S. The lowest BCUT2D eigenvalue weighted by atomic mass is 10.1. The van der Waals surface area contributed by atoms with E-state index in [-0.39, 0.29) is 18.0 Å². The van der Waals surface area contributed by atoms with E-state index in [0.717, 1.165) is 16.5 Å². The molecule has 3 aromatic rings. The molecule has 0 bridgehead atoms. The maximum Gasteiger partial charge on any atom is 0.338 e. The van der Waals surface area contributed by atoms with Gasteiger partial charge in [-0.05, 0) is 55.8 Å². The summed E-state index contributed by atoms with van der Waals surface area (Å²) in [6, 6.07) is 14.2. The fraction of sp³-hybridized carbons (Fsp3) is 0.333. The smallest absolute Gasteiger partial charge is 0.338 e. The largest absolute Gasteiger partial charge is 0.462 e. The molecule has 1 unspecified atom stereocenters. The van der Waals surface area contributed by atoms with Crippen molar-refractivity contribution in [3.63, 3.8) is 0 Å². The lowest BCUT2D eigenvalue weighted by molar-refractivity contribution is 0.0526. The third kappa shape index (κ3) is 5.84. The molecule has 178 valence electrons. The molecule has 1 atom stereocenters. The van der Waals surface area contributed by atoms with Crippen LogP contribution in [0.5, 0.6) is 0 Å². The number of piperazine rings is 1. The van der Waals surface area contributed by atoms with Crippen LogP contribution in [-0.2, 0) is 11.2 Å². The number of urea groups is 1. The van der Waals surface area contributed by atoms with E-state index in [2.05, 4.69) is 14.6 Å². The fourth-order valence-electron chi connectivity index (χ4n) is 3.76. The molecule has 8 nitrogen and oxygen atoms in total. The number of aromatic nitrogens is 2. The molecule has 2 heterocycles. The van der Waals surface area contributed by atoms with E-state index in [1.54, 1.807) is 31.2 Å². The first kappa shape index (κ1) is 24.0. The number of anilines is 2. The number of esters is 1. The molecule has 1 N–H and O–H groups in total. The van der Waals surface area contributed by atoms with Gasteiger partial charge in [0.2, 0.25) is 5.13 Å². The Labute approximate surface area is 207 Å². The molecule has 1 aliphatic heterocycles. The molecular weight excluding hydrogens is 474 g/mol. The Morgan fingerprint density at radius 3 is 2.56 bits per heavy atom. The highest BCUT2D eigenvalue weighted by atomic mass is 35.5. The molecule has 1 fully saturated rings. The van der Waals surface area contributed by atoms with Gasteiger partial charge in [0.05, 0.1) is 12.2 Å². The second kappa shape index (κ2) is 10.8. The standard InChI is InChI=1S/C24H26ClN5O3S/c1-3-33-22(31)18-6-10-20(11-7-18)26-23(32)30-13-12-29(15-16(30)2)24-27-21(28-34-24)14-17-4-8-19(25)9-5-17/h4-11,16H,3,12-15H2,1-2H3,(H,26,32). The number of halogens is 1. The molecule has 1 saturated heterocycles. The van der Waals surface area contributed by atoms with E-state index >= 15 is 0 Å². The second-order valence-electron chi connectivity index (χ2n) is 8.01. The van der Waals surface area contributed by atoms with Gasteiger partial charge in [-0.15, -0.1) is 0 Å². The van der Waals surface area contributed by atoms with E-state index < -0.39 is 0 Å². The summed E-state index contributed by atoms with van der Waals surface area (Å²) >= 11 is 7.34. The van der Waals surface area contributed by atoms with E-state index in [9.17, 15) is 9.59 Å². The van der Waals surface area contributed by atoms with Gasteiger partial charge in [0.25, 0.3) is 0 Å². The minimum atomic E-state index is -0.377. The summed E-state index contributed by atoms with van der Waals surface area (Å²) in [7, 11) is 0. The predicted molar refractivity (Wildman–Crippen MR) is 134 cm³/mol. The first-order valence-corrected chi connectivity index (χ1v) is 12.2. The monoisotopic (exact) mass is 499 g/mol. The van der Waals surface area contributed by atoms with Gasteiger partial charge in [0.15, 0.2) is 0 Å². The van der Waals surface area contributed by atoms with E-state index in [4.69, 9.17) is 21.3 Å². The molecule has 0 spiro atoms. The Balaban J connectivity index is 1.31. The van der Waals surface area contributed by atoms with Crippen LogP contribution in [0.1, 0.15) is 35.6 Å². The fourth-order valence-corrected chi connectivity index (χ4v) is 4.61. The van der Waals surface area contributed by atoms with Crippen LogP contribution < -0.4 is 10.2 Å². The molecule has 0 radical (unpaired) electrons. The summed E-state index contributed by atoms with van der Waals surface area (Å²) in [6.45, 7) is 6.02. The average molecular weight is 500 g/mol. The lowest BCUT2D eigenvalue weighted by Crippen LogP contribution is -2.55. The van der Waals surface area contributed by atoms with Gasteiger partial charge in [-0.1, -0.05) is 23.7 Å². The number of rotatable bonds is 6. The van der Waals surface area contributed by atoms with Crippen LogP contribution in [0.25, 0.3) is 0 Å². The maximum atomic E-state index is 12.8. The van der Waals surface area contributed by atoms with E-state index in [1.807, 2.05) is 36.1 Å². The van der Waals surface area contributed by atoms with Crippen LogP contribution in [0.3, 0.4) is 0 Å². The summed E-state index contributed by atoms with van der Waals surface area (Å²) in [6.07, 6.45) is 0.653. The van der Waals surface area contributed by atoms with Crippen molar-refractivity contribution in [3.05, 3.63) is 70.5 Å². The Morgan fingerprint density at radius 1 is 1.15 bits per heavy atom. The van der Waals surface area contributed by atoms with Crippen molar-refractivity contribution in [2.24, 2.45) is 0 Å². The third-order valence-electron chi connectivity index (χ3n) is 5.54. The molecule has 4 rings (SSSR count). The number of nitrogens with zero attached hydrogens (tertiary/aromatic N) is 4. The summed E-state index contributed by atoms with van der Waals surface area (Å²) in [5, 5.41) is 4.49. The van der Waals surface area contributed by atoms with Gasteiger partial charge >= 0.3 is 12.0 Å². The topological polar surface area (TPSA) is 87.7 Å². The minimum Gasteiger partial charge on any atom is -0.462 e. The number of ether oxygens (including phenoxy) is 1. The first-order valence-electron chi connectivity index (χ1n) is 11.1. The predicted octanol–water partition coefficient (Wildman–Crippen LogP) is 4.70. The van der Waals surface area contributed by atoms with Crippen molar-refractivity contribution >= 4 is 46.0 Å². The normalized spacial score (nSPS) is 15.8. The van der Waals surface area contributed by atoms with Crippen LogP contribution in [0.2, 0.25) is 5.02 Å². The van der Waals surface area contributed by atoms with Gasteiger partial charge in [0.1, 0.15) is 5.82 Å². The Bertz CT molecular complexity index is 1140. The highest BCUT2D eigenvalue weighted by molar-refractivity contribution is 7.09. The van der Waals surface area contributed by atoms with E-state index in [0.29, 0.717) is 48.9 Å². The Morgan fingerprint density at radius 2 is 1.88 bits per heavy atom. The maximum absolute atomic E-state index is 12.8. The zero-order chi connectivity index (χ0) is 24.1. The van der Waals surface area contributed by atoms with Crippen LogP contribution in [-0.4, -0.2) is 58.5 Å². The zero-order valence-electron chi connectivity index (χ0n) is 19.0. The quantitative estimate of drug-likeness (QED) is 0.494. The summed E-state index contributed by atoms with van der Waals surface area (Å²) < 4.78 is 9.49. The first-order chi connectivity index (χ1) is 16.4. The average Bonchev–Trinajstić information content (AvgIpc) is 3.29. The second-order valence-corrected chi connectivity index (χ2v) is 9.18. The number of hydrogen-bond donors (Lipinski definition) is 1. The van der Waals surface area contributed by atoms with Crippen molar-refractivity contribution < 1.29 is 14.3 Å². The van der Waals surface area contributed by atoms with Crippen molar-refractivity contribution in [2.45, 2.75) is 26.3 Å². The van der Waals surface area contributed by atoms with Crippen molar-refractivity contribution in [1.82, 2.24) is 14.3 Å². The SMILES string of the molecule is CCOC(=O)c1ccc(NC(=O)N2CCN(c3nc(Cc4ccc(Cl)cc4)ns3)CC2C)cc1. The van der Waals surface area contributed by atoms with Crippen molar-refractivity contribution in [1.29, 1.82) is 0 Å². The number of hydrogen-bond acceptors (Lipinski definition) is 7. The van der Waals surface area contributed by atoms with Crippen LogP contribution in [0, 0.1) is 0 Å². The van der Waals surface area contributed by atoms with Crippen LogP contribution in [0.4, 0.5) is 15.6 Å². The van der Waals surface area contributed by atoms with Gasteiger partial charge in [-0.3, -0.25) is 0 Å². The van der Waals surface area contributed by atoms with Crippen molar-refractivity contribution in [3.8, 4) is 0 Å². The van der Waals surface area contributed by atoms with Crippen molar-refractivity contribution in [2.75, 3.05) is 36.5 Å². The lowest BCUT2D eigenvalue weighted by Gasteiger charge is -2.39. The Kier molecular flexibility index (Phi) is 7.64. The molecule has 10 heteroatoms. The molecule has 2 amide bonds. The molecule has 0 aliphatic carbocycles. The number of carbonyl (C=O) groups excluding carboxylic acids is 2. The Hall–Kier alpha value is -3.17. The van der Waals surface area contributed by atoms with Crippen LogP contribution >= 0.6 is 23.1 Å². The number of nitrogens with one attached hydrogen (secondary N) is 1. The van der Waals surface area contributed by atoms with Gasteiger partial charge in [0, 0.05) is 54.3 Å². The third-order valence-corrected chi connectivity index (χ3v) is 6.61. The summed E-state index contributed by atoms with van der Waals surface area (Å²) in [4.78, 5) is 33.3. The highest BCUT2D eigenvalue weighted by Gasteiger charge is 2.29. The van der Waals surface area contributed by atoms with Gasteiger partial charge in [-0.25, -0.2) is 14.6 Å². The zero-order valence-corrected chi connectivity index (χ0v) is 20.6. The summed E-state index contributed by atoms with van der Waals surface area (Å²) in [5.74, 6) is 0.402. The molecule has 1 aromatic heterocycles. The molecule has 34 heavy (non-hydrogen) atoms. The van der Waals surface area contributed by atoms with Gasteiger partial charge < -0.3 is 19.9 Å². The number of benzene rings is 2. The molecule has 2 aromatic carbocycles. The number of amides is 2. The van der Waals surface area contributed by atoms with Gasteiger partial charge in [-0.2, -0.15) is 4.37 Å². The summed E-state index contributed by atoms with van der Waals surface area (Å²) in [5.41, 5.74) is 2.19. The minimum absolute atomic E-state index is 0.00355. The number of carbonyl (C=O) groups is 2. The highest BCUT2D eigenvalue weighted by Crippen LogP contribution is 2.23. The molecule has 0 saturated carbocycles.